The lowest BCUT2D eigenvalue weighted by molar-refractivity contribution is -0.119. The Bertz CT molecular complexity index is 525. The minimum absolute atomic E-state index is 0.180. The van der Waals surface area contributed by atoms with Crippen LogP contribution in [0.25, 0.3) is 0 Å². The summed E-state index contributed by atoms with van der Waals surface area (Å²) in [6, 6.07) is 1.81. The molecule has 0 aliphatic carbocycles. The molecular formula is C12H10F2N2O2. The molecule has 2 saturated heterocycles. The van der Waals surface area contributed by atoms with Crippen LogP contribution in [0.3, 0.4) is 0 Å². The minimum atomic E-state index is -0.905. The lowest BCUT2D eigenvalue weighted by Gasteiger charge is -2.16. The van der Waals surface area contributed by atoms with Crippen molar-refractivity contribution in [3.63, 3.8) is 0 Å². The number of carbonyl (C=O) groups excluding carboxylic acids is 2. The first-order chi connectivity index (χ1) is 8.59. The second-order valence-corrected chi connectivity index (χ2v) is 4.40. The fourth-order valence-electron chi connectivity index (χ4n) is 2.51. The number of rotatable bonds is 1. The SMILES string of the molecule is O=C1C2CCCN2C(=O)N1c1ccc(F)cc1F. The number of imide groups is 1. The van der Waals surface area contributed by atoms with Crippen molar-refractivity contribution in [1.82, 2.24) is 4.90 Å². The molecule has 1 atom stereocenters. The molecule has 3 rings (SSSR count). The molecule has 3 amide bonds. The third-order valence-electron chi connectivity index (χ3n) is 3.35. The van der Waals surface area contributed by atoms with E-state index in [2.05, 4.69) is 0 Å². The third kappa shape index (κ3) is 1.41. The summed E-state index contributed by atoms with van der Waals surface area (Å²) in [5.74, 6) is -2.07. The smallest absolute Gasteiger partial charge is 0.312 e. The van der Waals surface area contributed by atoms with Crippen LogP contribution in [0.4, 0.5) is 19.3 Å². The molecule has 0 bridgehead atoms. The van der Waals surface area contributed by atoms with Crippen molar-refractivity contribution < 1.29 is 18.4 Å². The van der Waals surface area contributed by atoms with Gasteiger partial charge in [0.25, 0.3) is 5.91 Å². The predicted octanol–water partition coefficient (Wildman–Crippen LogP) is 1.90. The van der Waals surface area contributed by atoms with E-state index in [0.717, 1.165) is 23.5 Å². The number of hydrogen-bond donors (Lipinski definition) is 0. The van der Waals surface area contributed by atoms with Gasteiger partial charge in [0.05, 0.1) is 5.69 Å². The average molecular weight is 252 g/mol. The molecule has 2 heterocycles. The van der Waals surface area contributed by atoms with Crippen LogP contribution in [0.1, 0.15) is 12.8 Å². The maximum atomic E-state index is 13.6. The molecule has 94 valence electrons. The summed E-state index contributed by atoms with van der Waals surface area (Å²) < 4.78 is 26.4. The topological polar surface area (TPSA) is 40.6 Å². The number of anilines is 1. The van der Waals surface area contributed by atoms with E-state index in [-0.39, 0.29) is 5.69 Å². The molecule has 0 aromatic heterocycles. The highest BCUT2D eigenvalue weighted by molar-refractivity contribution is 6.21. The van der Waals surface area contributed by atoms with E-state index in [1.54, 1.807) is 0 Å². The van der Waals surface area contributed by atoms with Gasteiger partial charge in [-0.2, -0.15) is 0 Å². The molecule has 6 heteroatoms. The van der Waals surface area contributed by atoms with Gasteiger partial charge in [-0.1, -0.05) is 0 Å². The van der Waals surface area contributed by atoms with Crippen molar-refractivity contribution in [1.29, 1.82) is 0 Å². The molecule has 0 N–H and O–H groups in total. The van der Waals surface area contributed by atoms with Crippen LogP contribution < -0.4 is 4.90 Å². The molecule has 0 spiro atoms. The Balaban J connectivity index is 2.02. The van der Waals surface area contributed by atoms with Gasteiger partial charge in [0, 0.05) is 12.6 Å². The van der Waals surface area contributed by atoms with Crippen molar-refractivity contribution in [2.75, 3.05) is 11.4 Å². The van der Waals surface area contributed by atoms with E-state index in [0.29, 0.717) is 19.0 Å². The van der Waals surface area contributed by atoms with Gasteiger partial charge in [0.2, 0.25) is 0 Å². The van der Waals surface area contributed by atoms with Gasteiger partial charge in [-0.05, 0) is 25.0 Å². The van der Waals surface area contributed by atoms with E-state index < -0.39 is 29.6 Å². The molecule has 0 radical (unpaired) electrons. The second kappa shape index (κ2) is 3.76. The molecule has 2 aliphatic rings. The number of urea groups is 1. The van der Waals surface area contributed by atoms with Gasteiger partial charge in [-0.3, -0.25) is 4.79 Å². The molecule has 0 saturated carbocycles. The third-order valence-corrected chi connectivity index (χ3v) is 3.35. The molecular weight excluding hydrogens is 242 g/mol. The molecule has 1 aromatic rings. The maximum absolute atomic E-state index is 13.6. The standard InChI is InChI=1S/C12H10F2N2O2/c13-7-3-4-9(8(14)6-7)16-11(17)10-2-1-5-15(10)12(16)18/h3-4,6,10H,1-2,5H2. The summed E-state index contributed by atoms with van der Waals surface area (Å²) in [5.41, 5.74) is -0.180. The van der Waals surface area contributed by atoms with Gasteiger partial charge in [-0.15, -0.1) is 0 Å². The first-order valence-corrected chi connectivity index (χ1v) is 5.69. The monoisotopic (exact) mass is 252 g/mol. The molecule has 4 nitrogen and oxygen atoms in total. The van der Waals surface area contributed by atoms with Gasteiger partial charge in [-0.25, -0.2) is 18.5 Å². The Labute approximate surface area is 102 Å². The molecule has 18 heavy (non-hydrogen) atoms. The van der Waals surface area contributed by atoms with Crippen LogP contribution in [0.2, 0.25) is 0 Å². The molecule has 2 aliphatic heterocycles. The lowest BCUT2D eigenvalue weighted by atomic mass is 10.2. The Morgan fingerprint density at radius 2 is 2.00 bits per heavy atom. The number of fused-ring (bicyclic) bond motifs is 1. The minimum Gasteiger partial charge on any atom is -0.312 e. The summed E-state index contributed by atoms with van der Waals surface area (Å²) >= 11 is 0. The zero-order valence-electron chi connectivity index (χ0n) is 9.40. The highest BCUT2D eigenvalue weighted by atomic mass is 19.1. The zero-order valence-corrected chi connectivity index (χ0v) is 9.40. The largest absolute Gasteiger partial charge is 0.332 e. The van der Waals surface area contributed by atoms with E-state index in [1.807, 2.05) is 0 Å². The summed E-state index contributed by atoms with van der Waals surface area (Å²) in [5, 5.41) is 0. The first kappa shape index (κ1) is 11.1. The Hall–Kier alpha value is -1.98. The number of carbonyl (C=O) groups is 2. The van der Waals surface area contributed by atoms with Gasteiger partial charge in [0.1, 0.15) is 17.7 Å². The number of nitrogens with zero attached hydrogens (tertiary/aromatic N) is 2. The van der Waals surface area contributed by atoms with E-state index in [4.69, 9.17) is 0 Å². The van der Waals surface area contributed by atoms with Crippen molar-refractivity contribution in [2.24, 2.45) is 0 Å². The molecule has 1 unspecified atom stereocenters. The van der Waals surface area contributed by atoms with Crippen molar-refractivity contribution in [2.45, 2.75) is 18.9 Å². The van der Waals surface area contributed by atoms with E-state index in [1.165, 1.54) is 4.90 Å². The normalized spacial score (nSPS) is 22.9. The Morgan fingerprint density at radius 3 is 2.67 bits per heavy atom. The first-order valence-electron chi connectivity index (χ1n) is 5.69. The van der Waals surface area contributed by atoms with Crippen molar-refractivity contribution >= 4 is 17.6 Å². The number of hydrogen-bond acceptors (Lipinski definition) is 2. The summed E-state index contributed by atoms with van der Waals surface area (Å²) in [7, 11) is 0. The summed E-state index contributed by atoms with van der Waals surface area (Å²) in [6.07, 6.45) is 1.38. The predicted molar refractivity (Wildman–Crippen MR) is 59.0 cm³/mol. The quantitative estimate of drug-likeness (QED) is 0.716. The van der Waals surface area contributed by atoms with Gasteiger partial charge >= 0.3 is 6.03 Å². The fourth-order valence-corrected chi connectivity index (χ4v) is 2.51. The Morgan fingerprint density at radius 1 is 1.22 bits per heavy atom. The number of halogens is 2. The second-order valence-electron chi connectivity index (χ2n) is 4.40. The maximum Gasteiger partial charge on any atom is 0.332 e. The van der Waals surface area contributed by atoms with Crippen LogP contribution in [0.5, 0.6) is 0 Å². The van der Waals surface area contributed by atoms with Crippen LogP contribution in [-0.2, 0) is 4.79 Å². The van der Waals surface area contributed by atoms with Crippen LogP contribution in [-0.4, -0.2) is 29.4 Å². The fraction of sp³-hybridized carbons (Fsp3) is 0.333. The number of amides is 3. The van der Waals surface area contributed by atoms with E-state index in [9.17, 15) is 18.4 Å². The van der Waals surface area contributed by atoms with Crippen LogP contribution in [0.15, 0.2) is 18.2 Å². The zero-order chi connectivity index (χ0) is 12.9. The van der Waals surface area contributed by atoms with Gasteiger partial charge < -0.3 is 4.90 Å². The lowest BCUT2D eigenvalue weighted by Crippen LogP contribution is -2.33. The Kier molecular flexibility index (Phi) is 2.33. The van der Waals surface area contributed by atoms with Crippen LogP contribution >= 0.6 is 0 Å². The molecule has 1 aromatic carbocycles. The summed E-state index contributed by atoms with van der Waals surface area (Å²) in [4.78, 5) is 26.3. The van der Waals surface area contributed by atoms with Crippen molar-refractivity contribution in [3.05, 3.63) is 29.8 Å². The number of benzene rings is 1. The van der Waals surface area contributed by atoms with Crippen molar-refractivity contribution in [3.8, 4) is 0 Å². The summed E-state index contributed by atoms with van der Waals surface area (Å²) in [6.45, 7) is 0.508. The average Bonchev–Trinajstić information content (AvgIpc) is 2.87. The highest BCUT2D eigenvalue weighted by Gasteiger charge is 2.48. The molecule has 2 fully saturated rings. The van der Waals surface area contributed by atoms with Gasteiger partial charge in [0.15, 0.2) is 0 Å². The van der Waals surface area contributed by atoms with E-state index >= 15 is 0 Å². The van der Waals surface area contributed by atoms with Crippen LogP contribution in [0, 0.1) is 11.6 Å². The highest BCUT2D eigenvalue weighted by Crippen LogP contribution is 2.32.